The van der Waals surface area contributed by atoms with Gasteiger partial charge in [-0.15, -0.1) is 0 Å². The van der Waals surface area contributed by atoms with E-state index in [2.05, 4.69) is 31.2 Å². The highest BCUT2D eigenvalue weighted by Crippen LogP contribution is 2.22. The van der Waals surface area contributed by atoms with Crippen molar-refractivity contribution in [2.45, 2.75) is 13.0 Å². The Morgan fingerprint density at radius 3 is 2.10 bits per heavy atom. The molecule has 0 aliphatic carbocycles. The number of anilines is 1. The van der Waals surface area contributed by atoms with Gasteiger partial charge in [-0.1, -0.05) is 28.1 Å². The van der Waals surface area contributed by atoms with E-state index in [1.54, 1.807) is 20.3 Å². The Morgan fingerprint density at radius 1 is 1.05 bits per heavy atom. The molecule has 0 radical (unpaired) electrons. The van der Waals surface area contributed by atoms with Gasteiger partial charge < -0.3 is 14.8 Å². The molecule has 1 heterocycles. The second kappa shape index (κ2) is 6.56. The molecule has 0 bridgehead atoms. The zero-order valence-electron chi connectivity index (χ0n) is 11.6. The maximum absolute atomic E-state index is 5.12. The Bertz CT molecular complexity index is 553. The van der Waals surface area contributed by atoms with Gasteiger partial charge >= 0.3 is 0 Å². The van der Waals surface area contributed by atoms with E-state index in [-0.39, 0.29) is 6.04 Å². The number of rotatable bonds is 5. The molecule has 0 spiro atoms. The van der Waals surface area contributed by atoms with Crippen LogP contribution in [0.25, 0.3) is 0 Å². The SMILES string of the molecule is COc1cc(OC)nc(NC(C)c2ccc(Br)cc2)n1. The number of hydrogen-bond acceptors (Lipinski definition) is 5. The minimum Gasteiger partial charge on any atom is -0.481 e. The van der Waals surface area contributed by atoms with Crippen LogP contribution in [-0.2, 0) is 0 Å². The van der Waals surface area contributed by atoms with Crippen molar-refractivity contribution in [1.82, 2.24) is 9.97 Å². The van der Waals surface area contributed by atoms with Crippen molar-refractivity contribution < 1.29 is 9.47 Å². The first-order valence-electron chi connectivity index (χ1n) is 6.11. The summed E-state index contributed by atoms with van der Waals surface area (Å²) in [6, 6.07) is 9.79. The molecular weight excluding hydrogens is 322 g/mol. The molecule has 6 heteroatoms. The molecule has 0 saturated carbocycles. The fraction of sp³-hybridized carbons (Fsp3) is 0.286. The fourth-order valence-electron chi connectivity index (χ4n) is 1.71. The molecule has 20 heavy (non-hydrogen) atoms. The van der Waals surface area contributed by atoms with Gasteiger partial charge in [-0.3, -0.25) is 0 Å². The molecule has 1 atom stereocenters. The van der Waals surface area contributed by atoms with Crippen LogP contribution in [0.1, 0.15) is 18.5 Å². The molecular formula is C14H16BrN3O2. The van der Waals surface area contributed by atoms with Crippen LogP contribution in [0.4, 0.5) is 5.95 Å². The Morgan fingerprint density at radius 2 is 1.60 bits per heavy atom. The average molecular weight is 338 g/mol. The van der Waals surface area contributed by atoms with Gasteiger partial charge in [0.05, 0.1) is 26.3 Å². The molecule has 106 valence electrons. The predicted octanol–water partition coefficient (Wildman–Crippen LogP) is 3.43. The average Bonchev–Trinajstić information content (AvgIpc) is 2.47. The zero-order chi connectivity index (χ0) is 14.5. The van der Waals surface area contributed by atoms with Gasteiger partial charge in [0.2, 0.25) is 17.7 Å². The number of methoxy groups -OCH3 is 2. The van der Waals surface area contributed by atoms with Gasteiger partial charge in [-0.05, 0) is 24.6 Å². The van der Waals surface area contributed by atoms with Crippen LogP contribution in [0.5, 0.6) is 11.8 Å². The first-order chi connectivity index (χ1) is 9.62. The maximum atomic E-state index is 5.12. The largest absolute Gasteiger partial charge is 0.481 e. The standard InChI is InChI=1S/C14H16BrN3O2/c1-9(10-4-6-11(15)7-5-10)16-14-17-12(19-2)8-13(18-14)20-3/h4-9H,1-3H3,(H,16,17,18). The minimum absolute atomic E-state index is 0.0694. The highest BCUT2D eigenvalue weighted by molar-refractivity contribution is 9.10. The zero-order valence-corrected chi connectivity index (χ0v) is 13.1. The smallest absolute Gasteiger partial charge is 0.229 e. The Kier molecular flexibility index (Phi) is 4.79. The van der Waals surface area contributed by atoms with Crippen molar-refractivity contribution in [3.63, 3.8) is 0 Å². The molecule has 1 aromatic heterocycles. The lowest BCUT2D eigenvalue weighted by Gasteiger charge is -2.15. The summed E-state index contributed by atoms with van der Waals surface area (Å²) < 4.78 is 11.3. The summed E-state index contributed by atoms with van der Waals surface area (Å²) in [6.45, 7) is 2.04. The van der Waals surface area contributed by atoms with Gasteiger partial charge in [-0.2, -0.15) is 9.97 Å². The van der Waals surface area contributed by atoms with Crippen molar-refractivity contribution >= 4 is 21.9 Å². The number of nitrogens with one attached hydrogen (secondary N) is 1. The topological polar surface area (TPSA) is 56.3 Å². The quantitative estimate of drug-likeness (QED) is 0.905. The number of benzene rings is 1. The molecule has 0 amide bonds. The van der Waals surface area contributed by atoms with Crippen molar-refractivity contribution in [3.8, 4) is 11.8 Å². The Labute approximate surface area is 126 Å². The summed E-state index contributed by atoms with van der Waals surface area (Å²) in [5.41, 5.74) is 1.14. The van der Waals surface area contributed by atoms with E-state index in [1.807, 2.05) is 31.2 Å². The van der Waals surface area contributed by atoms with E-state index in [0.717, 1.165) is 10.0 Å². The number of halogens is 1. The molecule has 1 aromatic carbocycles. The first kappa shape index (κ1) is 14.6. The van der Waals surface area contributed by atoms with E-state index in [0.29, 0.717) is 17.7 Å². The Hall–Kier alpha value is -1.82. The maximum Gasteiger partial charge on any atom is 0.229 e. The van der Waals surface area contributed by atoms with Gasteiger partial charge in [0, 0.05) is 4.47 Å². The Balaban J connectivity index is 2.18. The van der Waals surface area contributed by atoms with Crippen LogP contribution in [-0.4, -0.2) is 24.2 Å². The first-order valence-corrected chi connectivity index (χ1v) is 6.90. The van der Waals surface area contributed by atoms with Crippen LogP contribution >= 0.6 is 15.9 Å². The highest BCUT2D eigenvalue weighted by atomic mass is 79.9. The van der Waals surface area contributed by atoms with Gasteiger partial charge in [0.1, 0.15) is 0 Å². The lowest BCUT2D eigenvalue weighted by Crippen LogP contribution is -2.10. The van der Waals surface area contributed by atoms with E-state index in [9.17, 15) is 0 Å². The van der Waals surface area contributed by atoms with E-state index >= 15 is 0 Å². The summed E-state index contributed by atoms with van der Waals surface area (Å²) >= 11 is 3.42. The molecule has 0 aliphatic rings. The number of aromatic nitrogens is 2. The molecule has 2 rings (SSSR count). The summed E-state index contributed by atoms with van der Waals surface area (Å²) in [5, 5.41) is 3.23. The molecule has 5 nitrogen and oxygen atoms in total. The normalized spacial score (nSPS) is 11.8. The predicted molar refractivity (Wildman–Crippen MR) is 81.3 cm³/mol. The molecule has 0 aliphatic heterocycles. The molecule has 1 N–H and O–H groups in total. The summed E-state index contributed by atoms with van der Waals surface area (Å²) in [7, 11) is 3.12. The third-order valence-electron chi connectivity index (χ3n) is 2.81. The van der Waals surface area contributed by atoms with Crippen molar-refractivity contribution in [2.75, 3.05) is 19.5 Å². The van der Waals surface area contributed by atoms with Gasteiger partial charge in [0.15, 0.2) is 0 Å². The van der Waals surface area contributed by atoms with Crippen LogP contribution in [0, 0.1) is 0 Å². The van der Waals surface area contributed by atoms with Gasteiger partial charge in [-0.25, -0.2) is 0 Å². The van der Waals surface area contributed by atoms with Crippen molar-refractivity contribution in [2.24, 2.45) is 0 Å². The minimum atomic E-state index is 0.0694. The second-order valence-electron chi connectivity index (χ2n) is 4.19. The second-order valence-corrected chi connectivity index (χ2v) is 5.11. The molecule has 0 saturated heterocycles. The fourth-order valence-corrected chi connectivity index (χ4v) is 1.97. The summed E-state index contributed by atoms with van der Waals surface area (Å²) in [5.74, 6) is 1.39. The number of hydrogen-bond donors (Lipinski definition) is 1. The molecule has 1 unspecified atom stereocenters. The third-order valence-corrected chi connectivity index (χ3v) is 3.34. The van der Waals surface area contributed by atoms with E-state index < -0.39 is 0 Å². The third kappa shape index (κ3) is 3.60. The van der Waals surface area contributed by atoms with Crippen molar-refractivity contribution in [1.29, 1.82) is 0 Å². The van der Waals surface area contributed by atoms with E-state index in [4.69, 9.17) is 9.47 Å². The highest BCUT2D eigenvalue weighted by Gasteiger charge is 2.10. The lowest BCUT2D eigenvalue weighted by atomic mass is 10.1. The van der Waals surface area contributed by atoms with Crippen LogP contribution in [0.3, 0.4) is 0 Å². The van der Waals surface area contributed by atoms with E-state index in [1.165, 1.54) is 0 Å². The lowest BCUT2D eigenvalue weighted by molar-refractivity contribution is 0.372. The van der Waals surface area contributed by atoms with Crippen LogP contribution < -0.4 is 14.8 Å². The van der Waals surface area contributed by atoms with Crippen molar-refractivity contribution in [3.05, 3.63) is 40.4 Å². The summed E-state index contributed by atoms with van der Waals surface area (Å²) in [6.07, 6.45) is 0. The number of ether oxygens (including phenoxy) is 2. The molecule has 0 fully saturated rings. The number of nitrogens with zero attached hydrogens (tertiary/aromatic N) is 2. The van der Waals surface area contributed by atoms with Gasteiger partial charge in [0.25, 0.3) is 0 Å². The monoisotopic (exact) mass is 337 g/mol. The molecule has 2 aromatic rings. The van der Waals surface area contributed by atoms with Crippen LogP contribution in [0.15, 0.2) is 34.8 Å². The summed E-state index contributed by atoms with van der Waals surface area (Å²) in [4.78, 5) is 8.50. The van der Waals surface area contributed by atoms with Crippen LogP contribution in [0.2, 0.25) is 0 Å².